The number of guanidine groups is 1. The van der Waals surface area contributed by atoms with E-state index >= 15 is 0 Å². The van der Waals surface area contributed by atoms with Crippen molar-refractivity contribution in [2.45, 2.75) is 52.1 Å². The molecule has 3 rings (SSSR count). The minimum Gasteiger partial charge on any atom is -0.354 e. The molecule has 0 amide bonds. The largest absolute Gasteiger partial charge is 0.354 e. The quantitative estimate of drug-likeness (QED) is 0.602. The third-order valence-electron chi connectivity index (χ3n) is 6.38. The zero-order valence-electron chi connectivity index (χ0n) is 18.1. The fourth-order valence-electron chi connectivity index (χ4n) is 4.28. The fourth-order valence-corrected chi connectivity index (χ4v) is 4.28. The highest BCUT2D eigenvalue weighted by Gasteiger charge is 2.23. The number of anilines is 1. The van der Waals surface area contributed by atoms with Gasteiger partial charge in [-0.3, -0.25) is 4.99 Å². The summed E-state index contributed by atoms with van der Waals surface area (Å²) in [6.07, 6.45) is 7.06. The van der Waals surface area contributed by atoms with Gasteiger partial charge in [0, 0.05) is 52.0 Å². The van der Waals surface area contributed by atoms with E-state index in [1.54, 1.807) is 0 Å². The summed E-state index contributed by atoms with van der Waals surface area (Å²) in [4.78, 5) is 13.8. The average Bonchev–Trinajstić information content (AvgIpc) is 2.72. The van der Waals surface area contributed by atoms with Gasteiger partial charge in [0.05, 0.1) is 0 Å². The van der Waals surface area contributed by atoms with Gasteiger partial charge in [-0.25, -0.2) is 4.98 Å². The Morgan fingerprint density at radius 1 is 1.18 bits per heavy atom. The number of aromatic nitrogens is 1. The Kier molecular flexibility index (Phi) is 7.54. The van der Waals surface area contributed by atoms with Crippen LogP contribution in [0.3, 0.4) is 0 Å². The van der Waals surface area contributed by atoms with E-state index in [4.69, 9.17) is 0 Å². The summed E-state index contributed by atoms with van der Waals surface area (Å²) in [6, 6.07) is 4.84. The lowest BCUT2D eigenvalue weighted by Crippen LogP contribution is -2.45. The van der Waals surface area contributed by atoms with Gasteiger partial charge < -0.3 is 20.4 Å². The molecule has 1 aromatic rings. The maximum absolute atomic E-state index is 4.58. The van der Waals surface area contributed by atoms with Crippen LogP contribution in [0.15, 0.2) is 23.3 Å². The summed E-state index contributed by atoms with van der Waals surface area (Å²) in [6.45, 7) is 9.75. The highest BCUT2D eigenvalue weighted by atomic mass is 15.3. The van der Waals surface area contributed by atoms with Gasteiger partial charge >= 0.3 is 0 Å². The van der Waals surface area contributed by atoms with E-state index in [9.17, 15) is 0 Å². The molecule has 2 fully saturated rings. The Labute approximate surface area is 170 Å². The lowest BCUT2D eigenvalue weighted by Gasteiger charge is -2.33. The third kappa shape index (κ3) is 5.84. The molecule has 2 heterocycles. The van der Waals surface area contributed by atoms with Gasteiger partial charge in [-0.15, -0.1) is 0 Å². The van der Waals surface area contributed by atoms with Crippen molar-refractivity contribution in [1.82, 2.24) is 20.5 Å². The van der Waals surface area contributed by atoms with Gasteiger partial charge in [-0.1, -0.05) is 13.8 Å². The number of pyridine rings is 1. The highest BCUT2D eigenvalue weighted by molar-refractivity contribution is 5.80. The molecule has 0 spiro atoms. The summed E-state index contributed by atoms with van der Waals surface area (Å²) in [7, 11) is 4.04. The van der Waals surface area contributed by atoms with Crippen molar-refractivity contribution in [3.63, 3.8) is 0 Å². The van der Waals surface area contributed by atoms with E-state index in [-0.39, 0.29) is 0 Å². The zero-order valence-corrected chi connectivity index (χ0v) is 18.1. The molecule has 1 saturated carbocycles. The minimum atomic E-state index is 0.541. The molecule has 0 unspecified atom stereocenters. The SMILES string of the molecule is CN=C(NCc1ccnc(N2CCN(C)CC2)c1)NC1CCC(C(C)C)CC1. The molecule has 2 aliphatic rings. The number of piperazine rings is 1. The van der Waals surface area contributed by atoms with E-state index in [2.05, 4.69) is 63.4 Å². The first-order chi connectivity index (χ1) is 13.5. The first-order valence-corrected chi connectivity index (χ1v) is 10.9. The molecule has 0 bridgehead atoms. The standard InChI is InChI=1S/C22H38N6/c1-17(2)19-5-7-20(8-6-19)26-22(23-3)25-16-18-9-10-24-21(15-18)28-13-11-27(4)12-14-28/h9-10,15,17,19-20H,5-8,11-14,16H2,1-4H3,(H2,23,25,26). The molecule has 1 aliphatic carbocycles. The van der Waals surface area contributed by atoms with Gasteiger partial charge in [0.25, 0.3) is 0 Å². The number of nitrogens with one attached hydrogen (secondary N) is 2. The second-order valence-electron chi connectivity index (χ2n) is 8.74. The van der Waals surface area contributed by atoms with Crippen LogP contribution in [0.1, 0.15) is 45.1 Å². The van der Waals surface area contributed by atoms with Crippen molar-refractivity contribution in [2.24, 2.45) is 16.8 Å². The molecule has 1 saturated heterocycles. The Balaban J connectivity index is 1.48. The smallest absolute Gasteiger partial charge is 0.191 e. The normalized spacial score (nSPS) is 24.5. The molecule has 156 valence electrons. The number of aliphatic imine (C=N–C) groups is 1. The second-order valence-corrected chi connectivity index (χ2v) is 8.74. The molecular formula is C22H38N6. The Hall–Kier alpha value is -1.82. The first kappa shape index (κ1) is 20.9. The van der Waals surface area contributed by atoms with Gasteiger partial charge in [0.1, 0.15) is 5.82 Å². The summed E-state index contributed by atoms with van der Waals surface area (Å²) >= 11 is 0. The van der Waals surface area contributed by atoms with Crippen LogP contribution in [-0.2, 0) is 6.54 Å². The number of nitrogens with zero attached hydrogens (tertiary/aromatic N) is 4. The van der Waals surface area contributed by atoms with Crippen molar-refractivity contribution in [3.05, 3.63) is 23.9 Å². The molecule has 6 nitrogen and oxygen atoms in total. The summed E-state index contributed by atoms with van der Waals surface area (Å²) in [5, 5.41) is 7.11. The van der Waals surface area contributed by atoms with Crippen LogP contribution in [0.5, 0.6) is 0 Å². The molecule has 1 aromatic heterocycles. The molecule has 1 aliphatic heterocycles. The Morgan fingerprint density at radius 2 is 1.89 bits per heavy atom. The molecule has 2 N–H and O–H groups in total. The topological polar surface area (TPSA) is 55.8 Å². The molecule has 0 radical (unpaired) electrons. The molecule has 6 heteroatoms. The number of likely N-dealkylation sites (N-methyl/N-ethyl adjacent to an activating group) is 1. The number of hydrogen-bond acceptors (Lipinski definition) is 4. The summed E-state index contributed by atoms with van der Waals surface area (Å²) in [5.41, 5.74) is 1.25. The van der Waals surface area contributed by atoms with Crippen molar-refractivity contribution >= 4 is 11.8 Å². The predicted molar refractivity (Wildman–Crippen MR) is 118 cm³/mol. The van der Waals surface area contributed by atoms with Crippen molar-refractivity contribution < 1.29 is 0 Å². The maximum atomic E-state index is 4.58. The van der Waals surface area contributed by atoms with E-state index < -0.39 is 0 Å². The van der Waals surface area contributed by atoms with Crippen molar-refractivity contribution in [1.29, 1.82) is 0 Å². The van der Waals surface area contributed by atoms with Crippen LogP contribution in [0, 0.1) is 11.8 Å². The van der Waals surface area contributed by atoms with Crippen LogP contribution in [-0.4, -0.2) is 62.2 Å². The molecular weight excluding hydrogens is 348 g/mol. The van der Waals surface area contributed by atoms with Crippen molar-refractivity contribution in [3.8, 4) is 0 Å². The maximum Gasteiger partial charge on any atom is 0.191 e. The van der Waals surface area contributed by atoms with E-state index in [1.165, 1.54) is 31.2 Å². The Bertz CT molecular complexity index is 628. The van der Waals surface area contributed by atoms with E-state index in [0.29, 0.717) is 6.04 Å². The minimum absolute atomic E-state index is 0.541. The molecule has 28 heavy (non-hydrogen) atoms. The lowest BCUT2D eigenvalue weighted by molar-refractivity contribution is 0.250. The summed E-state index contributed by atoms with van der Waals surface area (Å²) in [5.74, 6) is 3.69. The zero-order chi connectivity index (χ0) is 19.9. The fraction of sp³-hybridized carbons (Fsp3) is 0.727. The summed E-state index contributed by atoms with van der Waals surface area (Å²) < 4.78 is 0. The predicted octanol–water partition coefficient (Wildman–Crippen LogP) is 2.71. The lowest BCUT2D eigenvalue weighted by atomic mass is 9.80. The highest BCUT2D eigenvalue weighted by Crippen LogP contribution is 2.29. The monoisotopic (exact) mass is 386 g/mol. The molecule has 0 atom stereocenters. The van der Waals surface area contributed by atoms with Crippen LogP contribution in [0.2, 0.25) is 0 Å². The second kappa shape index (κ2) is 10.1. The third-order valence-corrected chi connectivity index (χ3v) is 6.38. The Morgan fingerprint density at radius 3 is 2.54 bits per heavy atom. The van der Waals surface area contributed by atoms with Gasteiger partial charge in [-0.05, 0) is 62.3 Å². The number of hydrogen-bond donors (Lipinski definition) is 2. The van der Waals surface area contributed by atoms with E-state index in [1.807, 2.05) is 13.2 Å². The van der Waals surface area contributed by atoms with Gasteiger partial charge in [0.2, 0.25) is 0 Å². The van der Waals surface area contributed by atoms with E-state index in [0.717, 1.165) is 56.3 Å². The molecule has 0 aromatic carbocycles. The van der Waals surface area contributed by atoms with Gasteiger partial charge in [-0.2, -0.15) is 0 Å². The average molecular weight is 387 g/mol. The van der Waals surface area contributed by atoms with Gasteiger partial charge in [0.15, 0.2) is 5.96 Å². The van der Waals surface area contributed by atoms with Crippen LogP contribution in [0.25, 0.3) is 0 Å². The first-order valence-electron chi connectivity index (χ1n) is 10.9. The van der Waals surface area contributed by atoms with Crippen LogP contribution < -0.4 is 15.5 Å². The van der Waals surface area contributed by atoms with Crippen molar-refractivity contribution in [2.75, 3.05) is 45.2 Å². The van der Waals surface area contributed by atoms with Crippen LogP contribution >= 0.6 is 0 Å². The number of rotatable bonds is 5. The van der Waals surface area contributed by atoms with Crippen LogP contribution in [0.4, 0.5) is 5.82 Å².